The molecule has 1 aliphatic carbocycles. The van der Waals surface area contributed by atoms with Crippen LogP contribution in [0.25, 0.3) is 0 Å². The topological polar surface area (TPSA) is 63.0 Å². The Hall–Kier alpha value is -2.09. The molecule has 0 aliphatic heterocycles. The van der Waals surface area contributed by atoms with E-state index >= 15 is 0 Å². The first-order chi connectivity index (χ1) is 15.4. The van der Waals surface area contributed by atoms with Gasteiger partial charge in [-0.1, -0.05) is 25.3 Å². The second kappa shape index (κ2) is 12.2. The minimum absolute atomic E-state index is 0.262. The van der Waals surface area contributed by atoms with Crippen molar-refractivity contribution in [2.45, 2.75) is 57.2 Å². The molecular weight excluding hydrogens is 404 g/mol. The molecule has 1 unspecified atom stereocenters. The van der Waals surface area contributed by atoms with Gasteiger partial charge in [-0.05, 0) is 56.6 Å². The number of methoxy groups -OCH3 is 1. The van der Waals surface area contributed by atoms with Gasteiger partial charge in [0.15, 0.2) is 11.5 Å². The maximum Gasteiger partial charge on any atom is 0.161 e. The summed E-state index contributed by atoms with van der Waals surface area (Å²) in [7, 11) is 7.83. The van der Waals surface area contributed by atoms with Gasteiger partial charge in [0.05, 0.1) is 13.3 Å². The molecule has 178 valence electrons. The van der Waals surface area contributed by atoms with Crippen molar-refractivity contribution in [3.63, 3.8) is 0 Å². The van der Waals surface area contributed by atoms with Gasteiger partial charge >= 0.3 is 0 Å². The van der Waals surface area contributed by atoms with Crippen molar-refractivity contribution in [3.05, 3.63) is 41.7 Å². The van der Waals surface area contributed by atoms with Crippen molar-refractivity contribution in [2.75, 3.05) is 40.9 Å². The molecule has 1 aromatic heterocycles. The van der Waals surface area contributed by atoms with Gasteiger partial charge in [-0.3, -0.25) is 4.68 Å². The molecular formula is C25H40N4O3. The number of rotatable bonds is 12. The van der Waals surface area contributed by atoms with E-state index in [9.17, 15) is 5.11 Å². The fraction of sp³-hybridized carbons (Fsp3) is 0.640. The van der Waals surface area contributed by atoms with Crippen molar-refractivity contribution in [1.82, 2.24) is 19.6 Å². The number of aliphatic hydroxyl groups excluding tert-OH is 1. The van der Waals surface area contributed by atoms with Crippen molar-refractivity contribution in [2.24, 2.45) is 7.05 Å². The van der Waals surface area contributed by atoms with Gasteiger partial charge in [0, 0.05) is 38.9 Å². The van der Waals surface area contributed by atoms with E-state index in [2.05, 4.69) is 41.3 Å². The molecule has 2 aromatic rings. The van der Waals surface area contributed by atoms with E-state index in [0.717, 1.165) is 19.5 Å². The first-order valence-electron chi connectivity index (χ1n) is 11.8. The smallest absolute Gasteiger partial charge is 0.161 e. The van der Waals surface area contributed by atoms with Crippen molar-refractivity contribution in [3.8, 4) is 11.5 Å². The summed E-state index contributed by atoms with van der Waals surface area (Å²) in [6.07, 6.45) is 10.8. The predicted molar refractivity (Wildman–Crippen MR) is 127 cm³/mol. The number of ether oxygens (including phenoxy) is 2. The minimum Gasteiger partial charge on any atom is -0.493 e. The predicted octanol–water partition coefficient (Wildman–Crippen LogP) is 3.11. The standard InChI is InChI=1S/C25H40N4O3/c1-27(13-12-21-15-26-29(3)17-21)16-20-10-11-24(25(14-20)31-4)32-19-23(30)18-28(2)22-8-6-5-7-9-22/h10-11,14-15,17,22-23,30H,5-9,12-13,16,18-19H2,1-4H3. The summed E-state index contributed by atoms with van der Waals surface area (Å²) >= 11 is 0. The molecule has 0 saturated heterocycles. The third-order valence-corrected chi connectivity index (χ3v) is 6.35. The van der Waals surface area contributed by atoms with Crippen LogP contribution in [0.15, 0.2) is 30.6 Å². The molecule has 0 bridgehead atoms. The maximum atomic E-state index is 10.5. The van der Waals surface area contributed by atoms with Crippen LogP contribution in [0, 0.1) is 0 Å². The lowest BCUT2D eigenvalue weighted by Gasteiger charge is -2.32. The Balaban J connectivity index is 1.46. The molecule has 1 atom stereocenters. The lowest BCUT2D eigenvalue weighted by molar-refractivity contribution is 0.0553. The van der Waals surface area contributed by atoms with E-state index in [0.29, 0.717) is 24.1 Å². The normalized spacial score (nSPS) is 16.0. The van der Waals surface area contributed by atoms with Crippen LogP contribution in [-0.4, -0.2) is 77.7 Å². The molecule has 1 saturated carbocycles. The first-order valence-corrected chi connectivity index (χ1v) is 11.8. The molecule has 7 nitrogen and oxygen atoms in total. The fourth-order valence-corrected chi connectivity index (χ4v) is 4.48. The maximum absolute atomic E-state index is 10.5. The quantitative estimate of drug-likeness (QED) is 0.543. The number of benzene rings is 1. The van der Waals surface area contributed by atoms with E-state index in [1.54, 1.807) is 7.11 Å². The van der Waals surface area contributed by atoms with E-state index < -0.39 is 6.10 Å². The number of hydrogen-bond acceptors (Lipinski definition) is 6. The van der Waals surface area contributed by atoms with Gasteiger partial charge in [-0.2, -0.15) is 5.10 Å². The monoisotopic (exact) mass is 444 g/mol. The fourth-order valence-electron chi connectivity index (χ4n) is 4.48. The lowest BCUT2D eigenvalue weighted by Crippen LogP contribution is -2.40. The lowest BCUT2D eigenvalue weighted by atomic mass is 9.94. The number of aliphatic hydroxyl groups is 1. The molecule has 0 spiro atoms. The summed E-state index contributed by atoms with van der Waals surface area (Å²) in [6, 6.07) is 6.62. The highest BCUT2D eigenvalue weighted by Gasteiger charge is 2.20. The molecule has 7 heteroatoms. The van der Waals surface area contributed by atoms with Crippen LogP contribution in [0.4, 0.5) is 0 Å². The minimum atomic E-state index is -0.523. The van der Waals surface area contributed by atoms with Gasteiger partial charge in [0.25, 0.3) is 0 Å². The number of likely N-dealkylation sites (N-methyl/N-ethyl adjacent to an activating group) is 2. The zero-order chi connectivity index (χ0) is 22.9. The van der Waals surface area contributed by atoms with Crippen LogP contribution in [-0.2, 0) is 20.0 Å². The Morgan fingerprint density at radius 1 is 1.16 bits per heavy atom. The summed E-state index contributed by atoms with van der Waals surface area (Å²) in [5.74, 6) is 1.38. The Kier molecular flexibility index (Phi) is 9.38. The Labute approximate surface area is 192 Å². The zero-order valence-corrected chi connectivity index (χ0v) is 20.2. The number of aromatic nitrogens is 2. The van der Waals surface area contributed by atoms with Gasteiger partial charge < -0.3 is 24.4 Å². The average molecular weight is 445 g/mol. The van der Waals surface area contributed by atoms with Gasteiger partial charge in [-0.15, -0.1) is 0 Å². The Morgan fingerprint density at radius 2 is 1.94 bits per heavy atom. The zero-order valence-electron chi connectivity index (χ0n) is 20.2. The third-order valence-electron chi connectivity index (χ3n) is 6.35. The highest BCUT2D eigenvalue weighted by atomic mass is 16.5. The van der Waals surface area contributed by atoms with Crippen LogP contribution in [0.5, 0.6) is 11.5 Å². The third kappa shape index (κ3) is 7.50. The molecule has 0 radical (unpaired) electrons. The molecule has 1 N–H and O–H groups in total. The van der Waals surface area contributed by atoms with Crippen LogP contribution >= 0.6 is 0 Å². The Bertz CT molecular complexity index is 819. The number of aryl methyl sites for hydroxylation is 1. The summed E-state index contributed by atoms with van der Waals surface area (Å²) in [6.45, 7) is 2.67. The van der Waals surface area contributed by atoms with Crippen LogP contribution in [0.2, 0.25) is 0 Å². The molecule has 1 heterocycles. The average Bonchev–Trinajstić information content (AvgIpc) is 3.22. The van der Waals surface area contributed by atoms with Crippen LogP contribution < -0.4 is 9.47 Å². The van der Waals surface area contributed by atoms with Crippen molar-refractivity contribution >= 4 is 0 Å². The first kappa shape index (κ1) is 24.6. The number of hydrogen-bond donors (Lipinski definition) is 1. The van der Waals surface area contributed by atoms with Crippen LogP contribution in [0.3, 0.4) is 0 Å². The van der Waals surface area contributed by atoms with Crippen LogP contribution in [0.1, 0.15) is 43.2 Å². The van der Waals surface area contributed by atoms with Gasteiger partial charge in [0.2, 0.25) is 0 Å². The highest BCUT2D eigenvalue weighted by molar-refractivity contribution is 5.43. The Morgan fingerprint density at radius 3 is 2.62 bits per heavy atom. The molecule has 1 aliphatic rings. The summed E-state index contributed by atoms with van der Waals surface area (Å²) in [4.78, 5) is 4.57. The van der Waals surface area contributed by atoms with Gasteiger partial charge in [0.1, 0.15) is 12.7 Å². The van der Waals surface area contributed by atoms with E-state index in [4.69, 9.17) is 9.47 Å². The van der Waals surface area contributed by atoms with Crippen molar-refractivity contribution in [1.29, 1.82) is 0 Å². The summed E-state index contributed by atoms with van der Waals surface area (Å²) in [5.41, 5.74) is 2.41. The van der Waals surface area contributed by atoms with E-state index in [1.807, 2.05) is 30.1 Å². The second-order valence-corrected chi connectivity index (χ2v) is 9.19. The highest BCUT2D eigenvalue weighted by Crippen LogP contribution is 2.29. The van der Waals surface area contributed by atoms with E-state index in [1.165, 1.54) is 43.2 Å². The SMILES string of the molecule is COc1cc(CN(C)CCc2cnn(C)c2)ccc1OCC(O)CN(C)C1CCCCC1. The van der Waals surface area contributed by atoms with E-state index in [-0.39, 0.29) is 6.61 Å². The molecule has 3 rings (SSSR count). The summed E-state index contributed by atoms with van der Waals surface area (Å²) in [5, 5.41) is 14.7. The largest absolute Gasteiger partial charge is 0.493 e. The van der Waals surface area contributed by atoms with Crippen molar-refractivity contribution < 1.29 is 14.6 Å². The molecule has 32 heavy (non-hydrogen) atoms. The second-order valence-electron chi connectivity index (χ2n) is 9.19. The summed E-state index contributed by atoms with van der Waals surface area (Å²) < 4.78 is 13.3. The molecule has 1 fully saturated rings. The molecule has 1 aromatic carbocycles. The number of nitrogens with zero attached hydrogens (tertiary/aromatic N) is 4. The van der Waals surface area contributed by atoms with Gasteiger partial charge in [-0.25, -0.2) is 0 Å². The molecule has 0 amide bonds.